The second kappa shape index (κ2) is 21.0. The molecule has 0 saturated carbocycles. The first-order chi connectivity index (χ1) is 16.6. The first-order valence-corrected chi connectivity index (χ1v) is 14.7. The third kappa shape index (κ3) is 15.5. The highest BCUT2D eigenvalue weighted by Crippen LogP contribution is 2.14. The second-order valence-electron chi connectivity index (χ2n) is 10.4. The smallest absolute Gasteiger partial charge is 0.251 e. The standard InChI is InChI=1S/C31H55NO2/c1-4-6-8-10-11-12-13-14-15-16-18-20-22-30(33)27(3)32-31(34)29-25-23-28(24-26-29)21-19-17-9-7-5-2/h23-27,30,33H,4-22H2,1-3H3,(H,32,34)/t27-,30+/m0/s1. The molecule has 2 N–H and O–H groups in total. The number of nitrogens with one attached hydrogen (secondary N) is 1. The fourth-order valence-electron chi connectivity index (χ4n) is 4.59. The van der Waals surface area contributed by atoms with Crippen molar-refractivity contribution in [2.75, 3.05) is 0 Å². The molecular formula is C31H55NO2. The normalized spacial score (nSPS) is 13.1. The molecule has 1 aromatic carbocycles. The molecule has 0 unspecified atom stereocenters. The van der Waals surface area contributed by atoms with Crippen LogP contribution in [-0.4, -0.2) is 23.2 Å². The van der Waals surface area contributed by atoms with Crippen molar-refractivity contribution in [3.63, 3.8) is 0 Å². The Kier molecular flexibility index (Phi) is 18.9. The second-order valence-corrected chi connectivity index (χ2v) is 10.4. The van der Waals surface area contributed by atoms with Crippen molar-refractivity contribution < 1.29 is 9.90 Å². The number of carbonyl (C=O) groups excluding carboxylic acids is 1. The van der Waals surface area contributed by atoms with Gasteiger partial charge in [0.1, 0.15) is 0 Å². The van der Waals surface area contributed by atoms with Crippen LogP contribution in [0, 0.1) is 0 Å². The third-order valence-corrected chi connectivity index (χ3v) is 7.07. The van der Waals surface area contributed by atoms with Crippen LogP contribution in [0.25, 0.3) is 0 Å². The molecule has 0 spiro atoms. The van der Waals surface area contributed by atoms with Gasteiger partial charge in [-0.05, 0) is 43.9 Å². The summed E-state index contributed by atoms with van der Waals surface area (Å²) < 4.78 is 0. The minimum absolute atomic E-state index is 0.0873. The number of hydrogen-bond donors (Lipinski definition) is 2. The van der Waals surface area contributed by atoms with E-state index in [1.54, 1.807) is 0 Å². The molecule has 0 saturated heterocycles. The number of unbranched alkanes of at least 4 members (excludes halogenated alkanes) is 15. The number of benzene rings is 1. The van der Waals surface area contributed by atoms with Crippen LogP contribution >= 0.6 is 0 Å². The summed E-state index contributed by atoms with van der Waals surface area (Å²) in [7, 11) is 0. The van der Waals surface area contributed by atoms with E-state index in [1.807, 2.05) is 19.1 Å². The number of hydrogen-bond acceptors (Lipinski definition) is 2. The molecule has 1 amide bonds. The summed E-state index contributed by atoms with van der Waals surface area (Å²) in [6.07, 6.45) is 23.6. The molecule has 1 aromatic rings. The highest BCUT2D eigenvalue weighted by atomic mass is 16.3. The van der Waals surface area contributed by atoms with E-state index in [0.29, 0.717) is 5.56 Å². The molecule has 34 heavy (non-hydrogen) atoms. The lowest BCUT2D eigenvalue weighted by Crippen LogP contribution is -2.41. The quantitative estimate of drug-likeness (QED) is 0.165. The number of aryl methyl sites for hydroxylation is 1. The van der Waals surface area contributed by atoms with E-state index in [2.05, 4.69) is 31.3 Å². The Morgan fingerprint density at radius 2 is 1.15 bits per heavy atom. The number of amides is 1. The predicted octanol–water partition coefficient (Wildman–Crippen LogP) is 8.77. The van der Waals surface area contributed by atoms with Gasteiger partial charge in [-0.1, -0.05) is 129 Å². The average molecular weight is 474 g/mol. The van der Waals surface area contributed by atoms with Crippen LogP contribution in [0.1, 0.15) is 152 Å². The molecule has 196 valence electrons. The van der Waals surface area contributed by atoms with Gasteiger partial charge < -0.3 is 10.4 Å². The summed E-state index contributed by atoms with van der Waals surface area (Å²) in [5.74, 6) is -0.0873. The zero-order valence-electron chi connectivity index (χ0n) is 22.8. The molecule has 3 heteroatoms. The van der Waals surface area contributed by atoms with Gasteiger partial charge in [0.2, 0.25) is 0 Å². The van der Waals surface area contributed by atoms with Gasteiger partial charge in [0.25, 0.3) is 5.91 Å². The molecule has 0 radical (unpaired) electrons. The van der Waals surface area contributed by atoms with Crippen LogP contribution in [0.2, 0.25) is 0 Å². The van der Waals surface area contributed by atoms with E-state index in [9.17, 15) is 9.90 Å². The van der Waals surface area contributed by atoms with Crippen molar-refractivity contribution in [1.82, 2.24) is 5.32 Å². The number of carbonyl (C=O) groups is 1. The minimum atomic E-state index is -0.477. The van der Waals surface area contributed by atoms with E-state index in [-0.39, 0.29) is 11.9 Å². The van der Waals surface area contributed by atoms with E-state index < -0.39 is 6.10 Å². The van der Waals surface area contributed by atoms with Crippen LogP contribution in [0.4, 0.5) is 0 Å². The van der Waals surface area contributed by atoms with Gasteiger partial charge >= 0.3 is 0 Å². The number of rotatable bonds is 22. The summed E-state index contributed by atoms with van der Waals surface area (Å²) in [4.78, 5) is 12.6. The van der Waals surface area contributed by atoms with Crippen molar-refractivity contribution in [2.45, 2.75) is 155 Å². The lowest BCUT2D eigenvalue weighted by molar-refractivity contribution is 0.0831. The Labute approximate surface area is 211 Å². The topological polar surface area (TPSA) is 49.3 Å². The largest absolute Gasteiger partial charge is 0.391 e. The molecule has 0 fully saturated rings. The van der Waals surface area contributed by atoms with Gasteiger partial charge in [-0.15, -0.1) is 0 Å². The maximum atomic E-state index is 12.6. The Morgan fingerprint density at radius 1 is 0.706 bits per heavy atom. The van der Waals surface area contributed by atoms with Gasteiger partial charge in [0.05, 0.1) is 12.1 Å². The number of aliphatic hydroxyl groups excluding tert-OH is 1. The first-order valence-electron chi connectivity index (χ1n) is 14.7. The third-order valence-electron chi connectivity index (χ3n) is 7.07. The maximum Gasteiger partial charge on any atom is 0.251 e. The Balaban J connectivity index is 2.10. The van der Waals surface area contributed by atoms with Crippen LogP contribution < -0.4 is 5.32 Å². The molecule has 0 aromatic heterocycles. The lowest BCUT2D eigenvalue weighted by Gasteiger charge is -2.20. The van der Waals surface area contributed by atoms with Crippen molar-refractivity contribution in [3.8, 4) is 0 Å². The van der Waals surface area contributed by atoms with Gasteiger partial charge in [-0.2, -0.15) is 0 Å². The SMILES string of the molecule is CCCCCCCCCCCCCC[C@@H](O)[C@H](C)NC(=O)c1ccc(CCCCCCC)cc1. The maximum absolute atomic E-state index is 12.6. The van der Waals surface area contributed by atoms with Crippen LogP contribution in [-0.2, 0) is 6.42 Å². The van der Waals surface area contributed by atoms with Gasteiger partial charge in [-0.25, -0.2) is 0 Å². The molecule has 3 nitrogen and oxygen atoms in total. The molecule has 0 bridgehead atoms. The fourth-order valence-corrected chi connectivity index (χ4v) is 4.59. The van der Waals surface area contributed by atoms with Gasteiger partial charge in [-0.3, -0.25) is 4.79 Å². The van der Waals surface area contributed by atoms with Crippen LogP contribution in [0.5, 0.6) is 0 Å². The van der Waals surface area contributed by atoms with Crippen molar-refractivity contribution in [3.05, 3.63) is 35.4 Å². The van der Waals surface area contributed by atoms with E-state index in [4.69, 9.17) is 0 Å². The Morgan fingerprint density at radius 3 is 1.65 bits per heavy atom. The fraction of sp³-hybridized carbons (Fsp3) is 0.774. The highest BCUT2D eigenvalue weighted by Gasteiger charge is 2.17. The predicted molar refractivity (Wildman–Crippen MR) is 148 cm³/mol. The van der Waals surface area contributed by atoms with Gasteiger partial charge in [0.15, 0.2) is 0 Å². The summed E-state index contributed by atoms with van der Waals surface area (Å²) in [6, 6.07) is 7.76. The van der Waals surface area contributed by atoms with E-state index in [0.717, 1.165) is 19.3 Å². The molecule has 0 aliphatic heterocycles. The van der Waals surface area contributed by atoms with Crippen molar-refractivity contribution in [2.24, 2.45) is 0 Å². The van der Waals surface area contributed by atoms with Crippen LogP contribution in [0.3, 0.4) is 0 Å². The monoisotopic (exact) mass is 473 g/mol. The molecule has 0 aliphatic rings. The molecular weight excluding hydrogens is 418 g/mol. The summed E-state index contributed by atoms with van der Waals surface area (Å²) in [5, 5.41) is 13.4. The van der Waals surface area contributed by atoms with Gasteiger partial charge in [0, 0.05) is 5.56 Å². The lowest BCUT2D eigenvalue weighted by atomic mass is 10.0. The zero-order valence-corrected chi connectivity index (χ0v) is 22.8. The average Bonchev–Trinajstić information content (AvgIpc) is 2.84. The first kappa shape index (κ1) is 30.7. The Hall–Kier alpha value is -1.35. The molecule has 2 atom stereocenters. The summed E-state index contributed by atoms with van der Waals surface area (Å²) in [6.45, 7) is 6.42. The Bertz CT molecular complexity index is 598. The molecule has 0 aliphatic carbocycles. The summed E-state index contributed by atoms with van der Waals surface area (Å²) >= 11 is 0. The summed E-state index contributed by atoms with van der Waals surface area (Å²) in [5.41, 5.74) is 1.98. The molecule has 0 heterocycles. The van der Waals surface area contributed by atoms with Crippen molar-refractivity contribution >= 4 is 5.91 Å². The number of aliphatic hydroxyl groups is 1. The highest BCUT2D eigenvalue weighted by molar-refractivity contribution is 5.94. The van der Waals surface area contributed by atoms with Crippen molar-refractivity contribution in [1.29, 1.82) is 0 Å². The van der Waals surface area contributed by atoms with Crippen LogP contribution in [0.15, 0.2) is 24.3 Å². The zero-order chi connectivity index (χ0) is 24.9. The minimum Gasteiger partial charge on any atom is -0.391 e. The van der Waals surface area contributed by atoms with E-state index >= 15 is 0 Å². The molecule has 1 rings (SSSR count). The van der Waals surface area contributed by atoms with E-state index in [1.165, 1.54) is 108 Å².